The molecule has 0 saturated heterocycles. The molecule has 0 heterocycles. The first-order valence-corrected chi connectivity index (χ1v) is 7.01. The number of aryl methyl sites for hydroxylation is 2. The lowest BCUT2D eigenvalue weighted by atomic mass is 9.96. The van der Waals surface area contributed by atoms with Crippen molar-refractivity contribution in [1.29, 1.82) is 0 Å². The maximum Gasteiger partial charge on any atom is 0.166 e. The second kappa shape index (κ2) is 5.01. The lowest BCUT2D eigenvalue weighted by molar-refractivity contribution is 0.0812. The van der Waals surface area contributed by atoms with Crippen molar-refractivity contribution in [2.45, 2.75) is 26.4 Å². The highest BCUT2D eigenvalue weighted by atomic mass is 16.5. The van der Waals surface area contributed by atoms with E-state index in [1.807, 2.05) is 44.2 Å². The quantitative estimate of drug-likeness (QED) is 0.907. The normalized spacial score (nSPS) is 17.1. The van der Waals surface area contributed by atoms with E-state index in [2.05, 4.69) is 0 Å². The molecule has 3 heteroatoms. The molecule has 0 aromatic heterocycles. The molecule has 0 radical (unpaired) electrons. The molecule has 21 heavy (non-hydrogen) atoms. The van der Waals surface area contributed by atoms with E-state index in [4.69, 9.17) is 4.74 Å². The molecule has 2 aromatic rings. The van der Waals surface area contributed by atoms with Gasteiger partial charge in [-0.25, -0.2) is 0 Å². The third-order valence-corrected chi connectivity index (χ3v) is 4.18. The van der Waals surface area contributed by atoms with Crippen molar-refractivity contribution in [2.75, 3.05) is 7.11 Å². The van der Waals surface area contributed by atoms with Crippen molar-refractivity contribution < 1.29 is 14.6 Å². The average Bonchev–Trinajstić information content (AvgIpc) is 2.80. The minimum atomic E-state index is -0.147. The summed E-state index contributed by atoms with van der Waals surface area (Å²) < 4.78 is 5.40. The summed E-state index contributed by atoms with van der Waals surface area (Å²) in [6, 6.07) is 9.79. The lowest BCUT2D eigenvalue weighted by Gasteiger charge is -2.12. The maximum absolute atomic E-state index is 11.9. The Bertz CT molecular complexity index is 708. The first kappa shape index (κ1) is 13.8. The van der Waals surface area contributed by atoms with Crippen molar-refractivity contribution in [3.05, 3.63) is 52.6 Å². The van der Waals surface area contributed by atoms with Gasteiger partial charge in [-0.2, -0.15) is 0 Å². The summed E-state index contributed by atoms with van der Waals surface area (Å²) in [7, 11) is 1.63. The van der Waals surface area contributed by atoms with Crippen LogP contribution in [0.2, 0.25) is 0 Å². The highest BCUT2D eigenvalue weighted by molar-refractivity contribution is 6.01. The van der Waals surface area contributed by atoms with Gasteiger partial charge in [0, 0.05) is 19.1 Å². The number of ether oxygens (including phenoxy) is 1. The van der Waals surface area contributed by atoms with E-state index in [0.29, 0.717) is 12.2 Å². The zero-order valence-electron chi connectivity index (χ0n) is 12.4. The van der Waals surface area contributed by atoms with Crippen LogP contribution >= 0.6 is 0 Å². The van der Waals surface area contributed by atoms with E-state index in [1.54, 1.807) is 7.11 Å². The molecule has 0 fully saturated rings. The number of Topliss-reactive ketones (excluding diaryl/α,β-unsaturated/α-hetero) is 1. The largest absolute Gasteiger partial charge is 0.507 e. The topological polar surface area (TPSA) is 46.5 Å². The van der Waals surface area contributed by atoms with E-state index in [0.717, 1.165) is 33.4 Å². The minimum Gasteiger partial charge on any atom is -0.507 e. The van der Waals surface area contributed by atoms with Crippen LogP contribution in [0.3, 0.4) is 0 Å². The Balaban J connectivity index is 2.11. The van der Waals surface area contributed by atoms with Crippen LogP contribution in [0.5, 0.6) is 5.75 Å². The second-order valence-corrected chi connectivity index (χ2v) is 5.61. The van der Waals surface area contributed by atoms with Gasteiger partial charge in [-0.3, -0.25) is 4.79 Å². The Kier molecular flexibility index (Phi) is 3.30. The first-order valence-electron chi connectivity index (χ1n) is 7.01. The van der Waals surface area contributed by atoms with Gasteiger partial charge in [0.25, 0.3) is 0 Å². The molecule has 1 aliphatic rings. The SMILES string of the molecule is COC1CC(=O)c2ccc(-c3cc(C)c(O)c(C)c3)cc21. The number of methoxy groups -OCH3 is 1. The summed E-state index contributed by atoms with van der Waals surface area (Å²) in [6.45, 7) is 3.78. The highest BCUT2D eigenvalue weighted by Crippen LogP contribution is 2.37. The zero-order valence-corrected chi connectivity index (χ0v) is 12.4. The third-order valence-electron chi connectivity index (χ3n) is 4.18. The molecule has 3 rings (SSSR count). The van der Waals surface area contributed by atoms with Crippen molar-refractivity contribution in [2.24, 2.45) is 0 Å². The van der Waals surface area contributed by atoms with Gasteiger partial charge < -0.3 is 9.84 Å². The van der Waals surface area contributed by atoms with Crippen LogP contribution in [0.15, 0.2) is 30.3 Å². The second-order valence-electron chi connectivity index (χ2n) is 5.61. The molecule has 1 N–H and O–H groups in total. The molecule has 2 aromatic carbocycles. The number of aromatic hydroxyl groups is 1. The molecule has 0 aliphatic heterocycles. The van der Waals surface area contributed by atoms with E-state index in [1.165, 1.54) is 0 Å². The molecule has 1 aliphatic carbocycles. The molecule has 0 amide bonds. The van der Waals surface area contributed by atoms with Crippen LogP contribution in [0.25, 0.3) is 11.1 Å². The monoisotopic (exact) mass is 282 g/mol. The van der Waals surface area contributed by atoms with Crippen molar-refractivity contribution >= 4 is 5.78 Å². The number of rotatable bonds is 2. The fourth-order valence-electron chi connectivity index (χ4n) is 2.98. The summed E-state index contributed by atoms with van der Waals surface area (Å²) in [4.78, 5) is 11.9. The number of fused-ring (bicyclic) bond motifs is 1. The van der Waals surface area contributed by atoms with Gasteiger partial charge in [0.2, 0.25) is 0 Å². The minimum absolute atomic E-state index is 0.140. The van der Waals surface area contributed by atoms with Crippen LogP contribution in [0, 0.1) is 13.8 Å². The molecule has 1 unspecified atom stereocenters. The fraction of sp³-hybridized carbons (Fsp3) is 0.278. The molecule has 1 atom stereocenters. The van der Waals surface area contributed by atoms with Crippen molar-refractivity contribution in [1.82, 2.24) is 0 Å². The maximum atomic E-state index is 11.9. The number of phenols is 1. The van der Waals surface area contributed by atoms with Gasteiger partial charge in [-0.05, 0) is 59.9 Å². The van der Waals surface area contributed by atoms with Gasteiger partial charge >= 0.3 is 0 Å². The molecular weight excluding hydrogens is 264 g/mol. The van der Waals surface area contributed by atoms with Crippen LogP contribution in [0.4, 0.5) is 0 Å². The summed E-state index contributed by atoms with van der Waals surface area (Å²) in [5, 5.41) is 9.88. The van der Waals surface area contributed by atoms with Gasteiger partial charge in [0.15, 0.2) is 5.78 Å². The van der Waals surface area contributed by atoms with Crippen LogP contribution in [0.1, 0.15) is 39.6 Å². The standard InChI is InChI=1S/C18H18O3/c1-10-6-13(7-11(2)18(10)20)12-4-5-14-15(8-12)17(21-3)9-16(14)19/h4-8,17,20H,9H2,1-3H3. The summed E-state index contributed by atoms with van der Waals surface area (Å²) >= 11 is 0. The molecule has 0 bridgehead atoms. The lowest BCUT2D eigenvalue weighted by Crippen LogP contribution is -1.96. The number of phenolic OH excluding ortho intramolecular Hbond substituents is 1. The average molecular weight is 282 g/mol. The van der Waals surface area contributed by atoms with Gasteiger partial charge in [0.05, 0.1) is 6.10 Å². The van der Waals surface area contributed by atoms with Gasteiger partial charge in [0.1, 0.15) is 5.75 Å². The number of hydrogen-bond acceptors (Lipinski definition) is 3. The summed E-state index contributed by atoms with van der Waals surface area (Å²) in [5.74, 6) is 0.478. The highest BCUT2D eigenvalue weighted by Gasteiger charge is 2.29. The Morgan fingerprint density at radius 3 is 2.38 bits per heavy atom. The number of carbonyl (C=O) groups excluding carboxylic acids is 1. The third kappa shape index (κ3) is 2.24. The Morgan fingerprint density at radius 1 is 1.10 bits per heavy atom. The fourth-order valence-corrected chi connectivity index (χ4v) is 2.98. The number of ketones is 1. The molecule has 0 spiro atoms. The Labute approximate surface area is 124 Å². The Hall–Kier alpha value is -2.13. The number of carbonyl (C=O) groups is 1. The van der Waals surface area contributed by atoms with E-state index in [9.17, 15) is 9.90 Å². The zero-order chi connectivity index (χ0) is 15.1. The van der Waals surface area contributed by atoms with Crippen molar-refractivity contribution in [3.8, 4) is 16.9 Å². The predicted octanol–water partition coefficient (Wildman–Crippen LogP) is 3.95. The van der Waals surface area contributed by atoms with Gasteiger partial charge in [-0.1, -0.05) is 12.1 Å². The van der Waals surface area contributed by atoms with Crippen molar-refractivity contribution in [3.63, 3.8) is 0 Å². The molecular formula is C18H18O3. The van der Waals surface area contributed by atoms with Crippen LogP contribution < -0.4 is 0 Å². The van der Waals surface area contributed by atoms with Crippen LogP contribution in [-0.4, -0.2) is 18.0 Å². The first-order chi connectivity index (χ1) is 10.0. The summed E-state index contributed by atoms with van der Waals surface area (Å²) in [6.07, 6.45) is 0.273. The molecule has 3 nitrogen and oxygen atoms in total. The van der Waals surface area contributed by atoms with E-state index in [-0.39, 0.29) is 11.9 Å². The molecule has 0 saturated carbocycles. The number of benzene rings is 2. The van der Waals surface area contributed by atoms with E-state index >= 15 is 0 Å². The summed E-state index contributed by atoms with van der Waals surface area (Å²) in [5.41, 5.74) is 5.51. The van der Waals surface area contributed by atoms with E-state index < -0.39 is 0 Å². The smallest absolute Gasteiger partial charge is 0.166 e. The predicted molar refractivity (Wildman–Crippen MR) is 81.7 cm³/mol. The number of hydrogen-bond donors (Lipinski definition) is 1. The van der Waals surface area contributed by atoms with Gasteiger partial charge in [-0.15, -0.1) is 0 Å². The van der Waals surface area contributed by atoms with Crippen LogP contribution in [-0.2, 0) is 4.74 Å². The Morgan fingerprint density at radius 2 is 1.76 bits per heavy atom. The molecule has 108 valence electrons.